The summed E-state index contributed by atoms with van der Waals surface area (Å²) in [4.78, 5) is 4.48. The molecule has 5 heteroatoms. The number of hydrogen-bond donors (Lipinski definition) is 2. The van der Waals surface area contributed by atoms with Gasteiger partial charge in [0.25, 0.3) is 0 Å². The van der Waals surface area contributed by atoms with Crippen molar-refractivity contribution >= 4 is 11.6 Å². The summed E-state index contributed by atoms with van der Waals surface area (Å²) < 4.78 is 1.94. The fourth-order valence-electron chi connectivity index (χ4n) is 3.76. The third kappa shape index (κ3) is 4.25. The van der Waals surface area contributed by atoms with Gasteiger partial charge >= 0.3 is 0 Å². The molecule has 3 aromatic rings. The Bertz CT molecular complexity index is 972. The second-order valence-corrected chi connectivity index (χ2v) is 7.35. The van der Waals surface area contributed by atoms with Gasteiger partial charge in [0.2, 0.25) is 0 Å². The lowest BCUT2D eigenvalue weighted by Gasteiger charge is -2.08. The molecule has 0 atom stereocenters. The number of nitrogens with one attached hydrogen (secondary N) is 1. The van der Waals surface area contributed by atoms with E-state index in [0.29, 0.717) is 12.5 Å². The minimum atomic E-state index is 0.481. The smallest absolute Gasteiger partial charge is 0.193 e. The van der Waals surface area contributed by atoms with E-state index in [4.69, 9.17) is 5.73 Å². The van der Waals surface area contributed by atoms with Crippen molar-refractivity contribution in [2.24, 2.45) is 10.7 Å². The van der Waals surface area contributed by atoms with E-state index in [1.807, 2.05) is 22.9 Å². The minimum absolute atomic E-state index is 0.481. The van der Waals surface area contributed by atoms with Crippen LogP contribution in [0.3, 0.4) is 0 Å². The number of anilines is 1. The molecule has 0 spiro atoms. The molecule has 4 rings (SSSR count). The van der Waals surface area contributed by atoms with Crippen molar-refractivity contribution in [3.63, 3.8) is 0 Å². The second kappa shape index (κ2) is 8.30. The largest absolute Gasteiger partial charge is 0.370 e. The number of rotatable bonds is 6. The van der Waals surface area contributed by atoms with Gasteiger partial charge in [-0.2, -0.15) is 5.10 Å². The average molecular weight is 374 g/mol. The Morgan fingerprint density at radius 2 is 1.96 bits per heavy atom. The molecule has 0 radical (unpaired) electrons. The van der Waals surface area contributed by atoms with Crippen LogP contribution in [0.1, 0.15) is 35.2 Å². The number of nitrogens with two attached hydrogens (primary N) is 1. The van der Waals surface area contributed by atoms with E-state index in [2.05, 4.69) is 58.9 Å². The zero-order valence-corrected chi connectivity index (χ0v) is 16.4. The van der Waals surface area contributed by atoms with E-state index in [9.17, 15) is 0 Å². The first-order valence-electron chi connectivity index (χ1n) is 9.98. The van der Waals surface area contributed by atoms with Crippen molar-refractivity contribution in [2.45, 2.75) is 39.0 Å². The number of aromatic nitrogens is 2. The third-order valence-corrected chi connectivity index (χ3v) is 5.28. The Labute approximate surface area is 166 Å². The molecule has 2 aromatic carbocycles. The fraction of sp³-hybridized carbons (Fsp3) is 0.304. The van der Waals surface area contributed by atoms with E-state index in [0.717, 1.165) is 36.3 Å². The zero-order chi connectivity index (χ0) is 19.3. The van der Waals surface area contributed by atoms with E-state index in [1.165, 1.54) is 29.5 Å². The standard InChI is InChI=1S/C23H27N5/c1-17-20(16-28(27-17)22-10-3-2-4-11-22)9-6-14-25-23(24)26-21-13-12-18-7-5-8-19(18)15-21/h2-4,10-13,15-16H,5-9,14H2,1H3,(H3,24,25,26). The maximum atomic E-state index is 6.06. The molecule has 1 aliphatic rings. The van der Waals surface area contributed by atoms with Crippen LogP contribution in [-0.2, 0) is 19.3 Å². The molecule has 1 heterocycles. The Morgan fingerprint density at radius 1 is 1.14 bits per heavy atom. The number of fused-ring (bicyclic) bond motifs is 1. The lowest BCUT2D eigenvalue weighted by molar-refractivity contribution is 0.827. The molecule has 1 aliphatic carbocycles. The summed E-state index contributed by atoms with van der Waals surface area (Å²) in [5, 5.41) is 7.84. The number of guanidine groups is 1. The molecule has 0 aliphatic heterocycles. The molecule has 3 N–H and O–H groups in total. The maximum Gasteiger partial charge on any atom is 0.193 e. The molecular formula is C23H27N5. The Balaban J connectivity index is 1.30. The van der Waals surface area contributed by atoms with Crippen molar-refractivity contribution in [1.29, 1.82) is 0 Å². The van der Waals surface area contributed by atoms with Crippen LogP contribution in [0, 0.1) is 6.92 Å². The van der Waals surface area contributed by atoms with Crippen molar-refractivity contribution in [2.75, 3.05) is 11.9 Å². The van der Waals surface area contributed by atoms with Gasteiger partial charge in [-0.15, -0.1) is 0 Å². The lowest BCUT2D eigenvalue weighted by atomic mass is 10.1. The molecule has 0 saturated heterocycles. The summed E-state index contributed by atoms with van der Waals surface area (Å²) in [6.07, 6.45) is 7.60. The number of para-hydroxylation sites is 1. The van der Waals surface area contributed by atoms with E-state index >= 15 is 0 Å². The highest BCUT2D eigenvalue weighted by atomic mass is 15.3. The Hall–Kier alpha value is -3.08. The Kier molecular flexibility index (Phi) is 5.42. The van der Waals surface area contributed by atoms with Gasteiger partial charge in [0, 0.05) is 18.4 Å². The molecule has 0 saturated carbocycles. The SMILES string of the molecule is Cc1nn(-c2ccccc2)cc1CCCN=C(N)Nc1ccc2c(c1)CCC2. The highest BCUT2D eigenvalue weighted by Crippen LogP contribution is 2.24. The van der Waals surface area contributed by atoms with Gasteiger partial charge in [-0.05, 0) is 80.0 Å². The van der Waals surface area contributed by atoms with Crippen LogP contribution in [0.15, 0.2) is 59.7 Å². The van der Waals surface area contributed by atoms with Crippen molar-refractivity contribution in [1.82, 2.24) is 9.78 Å². The minimum Gasteiger partial charge on any atom is -0.370 e. The van der Waals surface area contributed by atoms with Crippen molar-refractivity contribution < 1.29 is 0 Å². The topological polar surface area (TPSA) is 68.2 Å². The van der Waals surface area contributed by atoms with Crippen LogP contribution in [-0.4, -0.2) is 22.3 Å². The summed E-state index contributed by atoms with van der Waals surface area (Å²) in [5.41, 5.74) is 13.4. The van der Waals surface area contributed by atoms with Gasteiger partial charge in [-0.1, -0.05) is 24.3 Å². The number of hydrogen-bond acceptors (Lipinski definition) is 2. The van der Waals surface area contributed by atoms with Crippen LogP contribution in [0.4, 0.5) is 5.69 Å². The van der Waals surface area contributed by atoms with Crippen LogP contribution in [0.25, 0.3) is 5.69 Å². The predicted molar refractivity (Wildman–Crippen MR) is 115 cm³/mol. The summed E-state index contributed by atoms with van der Waals surface area (Å²) in [6, 6.07) is 16.7. The zero-order valence-electron chi connectivity index (χ0n) is 16.4. The number of benzene rings is 2. The summed E-state index contributed by atoms with van der Waals surface area (Å²) in [7, 11) is 0. The van der Waals surface area contributed by atoms with Gasteiger partial charge < -0.3 is 11.1 Å². The van der Waals surface area contributed by atoms with Gasteiger partial charge in [-0.25, -0.2) is 4.68 Å². The van der Waals surface area contributed by atoms with Crippen LogP contribution in [0.5, 0.6) is 0 Å². The Morgan fingerprint density at radius 3 is 2.82 bits per heavy atom. The maximum absolute atomic E-state index is 6.06. The molecule has 0 fully saturated rings. The average Bonchev–Trinajstić information content (AvgIpc) is 3.32. The number of nitrogens with zero attached hydrogens (tertiary/aromatic N) is 3. The summed E-state index contributed by atoms with van der Waals surface area (Å²) in [6.45, 7) is 2.75. The van der Waals surface area contributed by atoms with Gasteiger partial charge in [0.1, 0.15) is 0 Å². The summed E-state index contributed by atoms with van der Waals surface area (Å²) >= 11 is 0. The molecule has 0 bridgehead atoms. The molecular weight excluding hydrogens is 346 g/mol. The predicted octanol–water partition coefficient (Wildman–Crippen LogP) is 4.03. The van der Waals surface area contributed by atoms with Crippen LogP contribution in [0.2, 0.25) is 0 Å². The second-order valence-electron chi connectivity index (χ2n) is 7.35. The molecule has 5 nitrogen and oxygen atoms in total. The third-order valence-electron chi connectivity index (χ3n) is 5.28. The monoisotopic (exact) mass is 373 g/mol. The number of aryl methyl sites for hydroxylation is 4. The van der Waals surface area contributed by atoms with Crippen LogP contribution >= 0.6 is 0 Å². The van der Waals surface area contributed by atoms with Crippen molar-refractivity contribution in [3.05, 3.63) is 77.1 Å². The van der Waals surface area contributed by atoms with E-state index in [-0.39, 0.29) is 0 Å². The molecule has 0 amide bonds. The highest BCUT2D eigenvalue weighted by Gasteiger charge is 2.11. The first-order valence-corrected chi connectivity index (χ1v) is 9.98. The fourth-order valence-corrected chi connectivity index (χ4v) is 3.76. The van der Waals surface area contributed by atoms with Gasteiger partial charge in [0.05, 0.1) is 11.4 Å². The molecule has 144 valence electrons. The normalized spacial score (nSPS) is 13.5. The van der Waals surface area contributed by atoms with Gasteiger partial charge in [-0.3, -0.25) is 4.99 Å². The lowest BCUT2D eigenvalue weighted by Crippen LogP contribution is -2.23. The number of aliphatic imine (C=N–C) groups is 1. The first kappa shape index (κ1) is 18.3. The van der Waals surface area contributed by atoms with Gasteiger partial charge in [0.15, 0.2) is 5.96 Å². The molecule has 1 aromatic heterocycles. The van der Waals surface area contributed by atoms with E-state index < -0.39 is 0 Å². The summed E-state index contributed by atoms with van der Waals surface area (Å²) in [5.74, 6) is 0.481. The van der Waals surface area contributed by atoms with Crippen LogP contribution < -0.4 is 11.1 Å². The van der Waals surface area contributed by atoms with Crippen molar-refractivity contribution in [3.8, 4) is 5.69 Å². The highest BCUT2D eigenvalue weighted by molar-refractivity contribution is 5.92. The first-order chi connectivity index (χ1) is 13.7. The molecule has 28 heavy (non-hydrogen) atoms. The molecule has 0 unspecified atom stereocenters. The van der Waals surface area contributed by atoms with E-state index in [1.54, 1.807) is 0 Å². The quantitative estimate of drug-likeness (QED) is 0.389.